The second-order valence-electron chi connectivity index (χ2n) is 2.91. The molecule has 0 saturated heterocycles. The van der Waals surface area contributed by atoms with Gasteiger partial charge in [-0.2, -0.15) is 0 Å². The van der Waals surface area contributed by atoms with E-state index < -0.39 is 0 Å². The maximum atomic E-state index is 3.93. The smallest absolute Gasteiger partial charge is 0.0369 e. The Morgan fingerprint density at radius 3 is 2.82 bits per heavy atom. The van der Waals surface area contributed by atoms with Crippen LogP contribution in [0.2, 0.25) is 0 Å². The quantitative estimate of drug-likeness (QED) is 0.635. The summed E-state index contributed by atoms with van der Waals surface area (Å²) in [4.78, 5) is 0. The minimum Gasteiger partial charge on any atom is -0.385 e. The molecular weight excluding hydrogens is 134 g/mol. The van der Waals surface area contributed by atoms with Gasteiger partial charge >= 0.3 is 0 Å². The van der Waals surface area contributed by atoms with Gasteiger partial charge in [-0.25, -0.2) is 0 Å². The van der Waals surface area contributed by atoms with E-state index in [1.807, 2.05) is 13.0 Å². The zero-order chi connectivity index (χ0) is 8.27. The number of nitrogens with one attached hydrogen (secondary N) is 1. The van der Waals surface area contributed by atoms with Gasteiger partial charge in [-0.05, 0) is 31.4 Å². The lowest BCUT2D eigenvalue weighted by Gasteiger charge is -2.19. The van der Waals surface area contributed by atoms with Gasteiger partial charge in [0.2, 0.25) is 0 Å². The zero-order valence-corrected chi connectivity index (χ0v) is 7.11. The fourth-order valence-electron chi connectivity index (χ4n) is 1.37. The number of hydrogen-bond donors (Lipinski definition) is 1. The number of allylic oxidation sites excluding steroid dienone is 3. The average Bonchev–Trinajstić information content (AvgIpc) is 2.04. The predicted octanol–water partition coefficient (Wildman–Crippen LogP) is 2.39. The number of rotatable bonds is 2. The van der Waals surface area contributed by atoms with E-state index in [9.17, 15) is 0 Å². The fraction of sp³-hybridized carbons (Fsp3) is 0.400. The molecule has 1 N–H and O–H groups in total. The van der Waals surface area contributed by atoms with Gasteiger partial charge < -0.3 is 5.32 Å². The molecule has 0 unspecified atom stereocenters. The van der Waals surface area contributed by atoms with Crippen molar-refractivity contribution in [3.8, 4) is 0 Å². The van der Waals surface area contributed by atoms with Gasteiger partial charge in [0.1, 0.15) is 0 Å². The van der Waals surface area contributed by atoms with Gasteiger partial charge in [0.05, 0.1) is 0 Å². The standard InChI is InChI=1S/C10H15N/c1-4-10-9(8(2)3)6-5-7-11-10/h4,11H,1-2,5-7H2,3H3. The summed E-state index contributed by atoms with van der Waals surface area (Å²) < 4.78 is 0. The van der Waals surface area contributed by atoms with E-state index in [0.717, 1.165) is 18.5 Å². The molecule has 0 bridgehead atoms. The molecule has 1 heteroatoms. The van der Waals surface area contributed by atoms with Crippen LogP contribution >= 0.6 is 0 Å². The zero-order valence-electron chi connectivity index (χ0n) is 7.11. The first-order chi connectivity index (χ1) is 5.25. The molecule has 11 heavy (non-hydrogen) atoms. The molecule has 0 fully saturated rings. The SMILES string of the molecule is C=CC1=C(C(=C)C)CCCN1. The van der Waals surface area contributed by atoms with Crippen molar-refractivity contribution in [2.75, 3.05) is 6.54 Å². The Hall–Kier alpha value is -0.980. The van der Waals surface area contributed by atoms with Crippen molar-refractivity contribution in [3.63, 3.8) is 0 Å². The van der Waals surface area contributed by atoms with E-state index in [-0.39, 0.29) is 0 Å². The monoisotopic (exact) mass is 149 g/mol. The fourth-order valence-corrected chi connectivity index (χ4v) is 1.37. The average molecular weight is 149 g/mol. The molecule has 1 rings (SSSR count). The topological polar surface area (TPSA) is 12.0 Å². The van der Waals surface area contributed by atoms with E-state index in [0.29, 0.717) is 0 Å². The Morgan fingerprint density at radius 2 is 2.36 bits per heavy atom. The molecular formula is C10H15N. The lowest BCUT2D eigenvalue weighted by atomic mass is 9.98. The van der Waals surface area contributed by atoms with Crippen LogP contribution in [-0.4, -0.2) is 6.54 Å². The Morgan fingerprint density at radius 1 is 1.64 bits per heavy atom. The van der Waals surface area contributed by atoms with Crippen LogP contribution in [0, 0.1) is 0 Å². The highest BCUT2D eigenvalue weighted by Gasteiger charge is 2.08. The summed E-state index contributed by atoms with van der Waals surface area (Å²) in [6.45, 7) is 10.8. The molecule has 0 radical (unpaired) electrons. The predicted molar refractivity (Wildman–Crippen MR) is 49.3 cm³/mol. The van der Waals surface area contributed by atoms with E-state index in [4.69, 9.17) is 0 Å². The largest absolute Gasteiger partial charge is 0.385 e. The van der Waals surface area contributed by atoms with Gasteiger partial charge in [-0.1, -0.05) is 18.7 Å². The first-order valence-electron chi connectivity index (χ1n) is 4.01. The molecule has 60 valence electrons. The summed E-state index contributed by atoms with van der Waals surface area (Å²) in [5.74, 6) is 0. The molecule has 0 saturated carbocycles. The lowest BCUT2D eigenvalue weighted by Crippen LogP contribution is -2.20. The molecule has 1 aliphatic rings. The second-order valence-corrected chi connectivity index (χ2v) is 2.91. The summed E-state index contributed by atoms with van der Waals surface area (Å²) in [7, 11) is 0. The van der Waals surface area contributed by atoms with Crippen LogP contribution in [0.25, 0.3) is 0 Å². The molecule has 0 aromatic heterocycles. The Balaban J connectivity index is 2.90. The van der Waals surface area contributed by atoms with Crippen LogP contribution in [0.5, 0.6) is 0 Å². The number of hydrogen-bond acceptors (Lipinski definition) is 1. The van der Waals surface area contributed by atoms with Gasteiger partial charge in [-0.3, -0.25) is 0 Å². The van der Waals surface area contributed by atoms with Crippen LogP contribution in [0.15, 0.2) is 36.1 Å². The maximum Gasteiger partial charge on any atom is 0.0369 e. The molecule has 0 aromatic carbocycles. The first kappa shape index (κ1) is 8.12. The minimum absolute atomic E-state index is 1.07. The highest BCUT2D eigenvalue weighted by atomic mass is 14.9. The van der Waals surface area contributed by atoms with Crippen LogP contribution in [0.4, 0.5) is 0 Å². The summed E-state index contributed by atoms with van der Waals surface area (Å²) >= 11 is 0. The second kappa shape index (κ2) is 3.42. The van der Waals surface area contributed by atoms with Crippen molar-refractivity contribution in [2.24, 2.45) is 0 Å². The van der Waals surface area contributed by atoms with Crippen LogP contribution in [-0.2, 0) is 0 Å². The lowest BCUT2D eigenvalue weighted by molar-refractivity contribution is 0.680. The molecule has 0 amide bonds. The highest BCUT2D eigenvalue weighted by Crippen LogP contribution is 2.20. The van der Waals surface area contributed by atoms with Gasteiger partial charge in [0, 0.05) is 12.2 Å². The van der Waals surface area contributed by atoms with Crippen LogP contribution in [0.1, 0.15) is 19.8 Å². The van der Waals surface area contributed by atoms with Crippen molar-refractivity contribution >= 4 is 0 Å². The van der Waals surface area contributed by atoms with E-state index in [2.05, 4.69) is 18.5 Å². The molecule has 1 nitrogen and oxygen atoms in total. The Labute approximate surface area is 68.5 Å². The van der Waals surface area contributed by atoms with E-state index in [1.165, 1.54) is 17.7 Å². The van der Waals surface area contributed by atoms with Crippen molar-refractivity contribution in [3.05, 3.63) is 36.1 Å². The van der Waals surface area contributed by atoms with Crippen molar-refractivity contribution in [1.82, 2.24) is 5.32 Å². The van der Waals surface area contributed by atoms with Crippen molar-refractivity contribution in [2.45, 2.75) is 19.8 Å². The Bertz CT molecular complexity index is 211. The summed E-state index contributed by atoms with van der Waals surface area (Å²) in [5.41, 5.74) is 3.67. The highest BCUT2D eigenvalue weighted by molar-refractivity contribution is 5.37. The molecule has 1 aliphatic heterocycles. The van der Waals surface area contributed by atoms with Crippen LogP contribution in [0.3, 0.4) is 0 Å². The normalized spacial score (nSPS) is 17.5. The molecule has 1 heterocycles. The summed E-state index contributed by atoms with van der Waals surface area (Å²) in [6, 6.07) is 0. The van der Waals surface area contributed by atoms with Crippen molar-refractivity contribution in [1.29, 1.82) is 0 Å². The third kappa shape index (κ3) is 1.73. The van der Waals surface area contributed by atoms with E-state index in [1.54, 1.807) is 0 Å². The first-order valence-corrected chi connectivity index (χ1v) is 4.01. The van der Waals surface area contributed by atoms with Gasteiger partial charge in [0.15, 0.2) is 0 Å². The third-order valence-electron chi connectivity index (χ3n) is 1.96. The van der Waals surface area contributed by atoms with Gasteiger partial charge in [-0.15, -0.1) is 0 Å². The summed E-state index contributed by atoms with van der Waals surface area (Å²) in [6.07, 6.45) is 4.23. The van der Waals surface area contributed by atoms with Crippen molar-refractivity contribution < 1.29 is 0 Å². The van der Waals surface area contributed by atoms with E-state index >= 15 is 0 Å². The Kier molecular flexibility index (Phi) is 2.53. The van der Waals surface area contributed by atoms with Gasteiger partial charge in [0.25, 0.3) is 0 Å². The molecule has 0 aromatic rings. The van der Waals surface area contributed by atoms with Crippen LogP contribution < -0.4 is 5.32 Å². The molecule has 0 aliphatic carbocycles. The third-order valence-corrected chi connectivity index (χ3v) is 1.96. The maximum absolute atomic E-state index is 3.93. The molecule has 0 spiro atoms. The molecule has 0 atom stereocenters. The minimum atomic E-state index is 1.07. The summed E-state index contributed by atoms with van der Waals surface area (Å²) in [5, 5.41) is 3.30.